The Bertz CT molecular complexity index is 567. The van der Waals surface area contributed by atoms with Crippen LogP contribution in [0.15, 0.2) is 16.3 Å². The van der Waals surface area contributed by atoms with Gasteiger partial charge in [0.05, 0.1) is 4.34 Å². The molecule has 3 rings (SSSR count). The van der Waals surface area contributed by atoms with Crippen molar-refractivity contribution in [2.24, 2.45) is 0 Å². The van der Waals surface area contributed by atoms with E-state index in [9.17, 15) is 8.42 Å². The molecule has 4 nitrogen and oxygen atoms in total. The van der Waals surface area contributed by atoms with Crippen LogP contribution in [0, 0.1) is 0 Å². The van der Waals surface area contributed by atoms with Crippen molar-refractivity contribution < 1.29 is 8.42 Å². The SMILES string of the molecule is O=S(=O)(N[C@H]1CC[C@H]1NC1CCCC1)c1ccc(Cl)s1. The quantitative estimate of drug-likeness (QED) is 0.870. The summed E-state index contributed by atoms with van der Waals surface area (Å²) in [7, 11) is -3.42. The van der Waals surface area contributed by atoms with Crippen LogP contribution in [0.3, 0.4) is 0 Å². The third-order valence-electron chi connectivity index (χ3n) is 4.20. The van der Waals surface area contributed by atoms with Gasteiger partial charge in [0, 0.05) is 18.1 Å². The van der Waals surface area contributed by atoms with Gasteiger partial charge >= 0.3 is 0 Å². The number of nitrogens with one attached hydrogen (secondary N) is 2. The van der Waals surface area contributed by atoms with Gasteiger partial charge in [0.25, 0.3) is 0 Å². The Morgan fingerprint density at radius 2 is 1.80 bits per heavy atom. The van der Waals surface area contributed by atoms with E-state index in [0.717, 1.165) is 24.2 Å². The zero-order valence-corrected chi connectivity index (χ0v) is 13.5. The van der Waals surface area contributed by atoms with Crippen molar-refractivity contribution in [2.45, 2.75) is 60.9 Å². The largest absolute Gasteiger partial charge is 0.310 e. The molecule has 0 aromatic carbocycles. The maximum Gasteiger partial charge on any atom is 0.250 e. The number of rotatable bonds is 5. The van der Waals surface area contributed by atoms with Gasteiger partial charge in [-0.25, -0.2) is 13.1 Å². The second-order valence-electron chi connectivity index (χ2n) is 5.62. The standard InChI is InChI=1S/C13H19ClN2O2S2/c14-12-7-8-13(19-12)20(17,18)16-11-6-5-10(11)15-9-3-1-2-4-9/h7-11,15-16H,1-6H2/t10-,11+/m1/s1. The molecule has 2 N–H and O–H groups in total. The first-order valence-corrected chi connectivity index (χ1v) is 9.76. The van der Waals surface area contributed by atoms with Crippen molar-refractivity contribution in [2.75, 3.05) is 0 Å². The molecule has 2 aliphatic rings. The van der Waals surface area contributed by atoms with Crippen LogP contribution in [-0.2, 0) is 10.0 Å². The molecule has 2 aliphatic carbocycles. The summed E-state index contributed by atoms with van der Waals surface area (Å²) in [6.45, 7) is 0. The van der Waals surface area contributed by atoms with E-state index in [2.05, 4.69) is 10.0 Å². The summed E-state index contributed by atoms with van der Waals surface area (Å²) in [5, 5.41) is 3.60. The van der Waals surface area contributed by atoms with E-state index in [4.69, 9.17) is 11.6 Å². The fourth-order valence-corrected chi connectivity index (χ4v) is 5.75. The lowest BCUT2D eigenvalue weighted by Crippen LogP contribution is -2.58. The van der Waals surface area contributed by atoms with Crippen molar-refractivity contribution in [3.63, 3.8) is 0 Å². The van der Waals surface area contributed by atoms with E-state index in [0.29, 0.717) is 14.6 Å². The highest BCUT2D eigenvalue weighted by atomic mass is 35.5. The number of halogens is 1. The molecule has 1 aromatic heterocycles. The predicted octanol–water partition coefficient (Wildman–Crippen LogP) is 2.74. The molecular weight excluding hydrogens is 316 g/mol. The molecule has 7 heteroatoms. The van der Waals surface area contributed by atoms with Gasteiger partial charge in [-0.15, -0.1) is 11.3 Å². The second kappa shape index (κ2) is 5.93. The molecule has 2 atom stereocenters. The highest BCUT2D eigenvalue weighted by Gasteiger charge is 2.36. The summed E-state index contributed by atoms with van der Waals surface area (Å²) < 4.78 is 28.1. The zero-order valence-electron chi connectivity index (χ0n) is 11.1. The average molecular weight is 335 g/mol. The molecule has 0 spiro atoms. The topological polar surface area (TPSA) is 58.2 Å². The third kappa shape index (κ3) is 3.20. The summed E-state index contributed by atoms with van der Waals surface area (Å²) >= 11 is 6.91. The molecule has 0 bridgehead atoms. The molecule has 112 valence electrons. The first-order valence-electron chi connectivity index (χ1n) is 7.08. The second-order valence-corrected chi connectivity index (χ2v) is 9.27. The molecular formula is C13H19ClN2O2S2. The van der Waals surface area contributed by atoms with Crippen LogP contribution in [0.5, 0.6) is 0 Å². The lowest BCUT2D eigenvalue weighted by atomic mass is 9.86. The minimum atomic E-state index is -3.42. The monoisotopic (exact) mass is 334 g/mol. The van der Waals surface area contributed by atoms with E-state index in [1.807, 2.05) is 0 Å². The molecule has 1 aromatic rings. The summed E-state index contributed by atoms with van der Waals surface area (Å²) in [4.78, 5) is 0. The van der Waals surface area contributed by atoms with Crippen LogP contribution >= 0.6 is 22.9 Å². The Morgan fingerprint density at radius 1 is 1.10 bits per heavy atom. The van der Waals surface area contributed by atoms with Crippen LogP contribution in [0.25, 0.3) is 0 Å². The number of sulfonamides is 1. The van der Waals surface area contributed by atoms with Gasteiger partial charge in [-0.1, -0.05) is 24.4 Å². The zero-order chi connectivity index (χ0) is 14.2. The van der Waals surface area contributed by atoms with Gasteiger partial charge in [-0.2, -0.15) is 0 Å². The van der Waals surface area contributed by atoms with Crippen LogP contribution in [0.2, 0.25) is 4.34 Å². The van der Waals surface area contributed by atoms with Crippen molar-refractivity contribution in [1.82, 2.24) is 10.0 Å². The van der Waals surface area contributed by atoms with Crippen molar-refractivity contribution in [1.29, 1.82) is 0 Å². The minimum Gasteiger partial charge on any atom is -0.310 e. The fourth-order valence-electron chi connectivity index (χ4n) is 2.94. The van der Waals surface area contributed by atoms with Crippen LogP contribution in [-0.4, -0.2) is 26.5 Å². The highest BCUT2D eigenvalue weighted by Crippen LogP contribution is 2.29. The van der Waals surface area contributed by atoms with Crippen LogP contribution in [0.1, 0.15) is 38.5 Å². The molecule has 0 radical (unpaired) electrons. The van der Waals surface area contributed by atoms with Gasteiger partial charge in [0.1, 0.15) is 4.21 Å². The molecule has 20 heavy (non-hydrogen) atoms. The Labute approximate surface area is 129 Å². The maximum absolute atomic E-state index is 12.2. The van der Waals surface area contributed by atoms with Crippen LogP contribution < -0.4 is 10.0 Å². The first-order chi connectivity index (χ1) is 9.54. The Balaban J connectivity index is 1.59. The summed E-state index contributed by atoms with van der Waals surface area (Å²) in [5.74, 6) is 0. The number of hydrogen-bond acceptors (Lipinski definition) is 4. The number of thiophene rings is 1. The van der Waals surface area contributed by atoms with E-state index in [-0.39, 0.29) is 12.1 Å². The molecule has 0 saturated heterocycles. The molecule has 2 fully saturated rings. The first kappa shape index (κ1) is 14.8. The lowest BCUT2D eigenvalue weighted by Gasteiger charge is -2.39. The molecule has 2 saturated carbocycles. The Kier molecular flexibility index (Phi) is 4.38. The van der Waals surface area contributed by atoms with Crippen molar-refractivity contribution in [3.8, 4) is 0 Å². The van der Waals surface area contributed by atoms with Crippen molar-refractivity contribution >= 4 is 33.0 Å². The van der Waals surface area contributed by atoms with Gasteiger partial charge in [-0.3, -0.25) is 0 Å². The molecule has 0 unspecified atom stereocenters. The third-order valence-corrected chi connectivity index (χ3v) is 7.41. The normalized spacial score (nSPS) is 27.6. The Hall–Kier alpha value is -0.140. The fraction of sp³-hybridized carbons (Fsp3) is 0.692. The maximum atomic E-state index is 12.2. The summed E-state index contributed by atoms with van der Waals surface area (Å²) in [6.07, 6.45) is 6.97. The van der Waals surface area contributed by atoms with E-state index in [1.54, 1.807) is 12.1 Å². The average Bonchev–Trinajstić information content (AvgIpc) is 3.03. The Morgan fingerprint density at radius 3 is 2.35 bits per heavy atom. The smallest absolute Gasteiger partial charge is 0.250 e. The van der Waals surface area contributed by atoms with Gasteiger partial charge in [-0.05, 0) is 37.8 Å². The van der Waals surface area contributed by atoms with Gasteiger partial charge in [0.15, 0.2) is 0 Å². The number of hydrogen-bond donors (Lipinski definition) is 2. The molecule has 1 heterocycles. The minimum absolute atomic E-state index is 0.0153. The van der Waals surface area contributed by atoms with E-state index < -0.39 is 10.0 Å². The van der Waals surface area contributed by atoms with Gasteiger partial charge < -0.3 is 5.32 Å². The lowest BCUT2D eigenvalue weighted by molar-refractivity contribution is 0.243. The van der Waals surface area contributed by atoms with Crippen LogP contribution in [0.4, 0.5) is 0 Å². The molecule has 0 aliphatic heterocycles. The van der Waals surface area contributed by atoms with Crippen molar-refractivity contribution in [3.05, 3.63) is 16.5 Å². The highest BCUT2D eigenvalue weighted by molar-refractivity contribution is 7.91. The van der Waals surface area contributed by atoms with E-state index in [1.165, 1.54) is 25.7 Å². The molecule has 0 amide bonds. The summed E-state index contributed by atoms with van der Waals surface area (Å²) in [6, 6.07) is 4.05. The predicted molar refractivity (Wildman–Crippen MR) is 81.9 cm³/mol. The van der Waals surface area contributed by atoms with Gasteiger partial charge in [0.2, 0.25) is 10.0 Å². The summed E-state index contributed by atoms with van der Waals surface area (Å²) in [5.41, 5.74) is 0. The van der Waals surface area contributed by atoms with E-state index >= 15 is 0 Å².